The molecule has 1 N–H and O–H groups in total. The van der Waals surface area contributed by atoms with Gasteiger partial charge in [0.2, 0.25) is 0 Å². The van der Waals surface area contributed by atoms with Gasteiger partial charge < -0.3 is 9.88 Å². The number of amides is 1. The fourth-order valence-electron chi connectivity index (χ4n) is 1.80. The van der Waals surface area contributed by atoms with Crippen molar-refractivity contribution in [3.63, 3.8) is 0 Å². The van der Waals surface area contributed by atoms with Crippen LogP contribution in [0.25, 0.3) is 0 Å². The molecule has 0 spiro atoms. The van der Waals surface area contributed by atoms with Crippen LogP contribution in [0.15, 0.2) is 45.8 Å². The summed E-state index contributed by atoms with van der Waals surface area (Å²) in [5.74, 6) is -0.340. The Kier molecular flexibility index (Phi) is 4.62. The molecule has 0 fully saturated rings. The van der Waals surface area contributed by atoms with Crippen LogP contribution in [-0.2, 0) is 6.54 Å². The van der Waals surface area contributed by atoms with Crippen LogP contribution in [0.3, 0.4) is 0 Å². The summed E-state index contributed by atoms with van der Waals surface area (Å²) in [6, 6.07) is 8.76. The molecule has 2 aromatic rings. The molecule has 0 bridgehead atoms. The van der Waals surface area contributed by atoms with E-state index in [-0.39, 0.29) is 11.5 Å². The molecular weight excluding hydrogens is 344 g/mol. The molecule has 6 heteroatoms. The van der Waals surface area contributed by atoms with Gasteiger partial charge in [-0.2, -0.15) is 0 Å². The summed E-state index contributed by atoms with van der Waals surface area (Å²) < 4.78 is 0.650. The van der Waals surface area contributed by atoms with E-state index in [1.165, 1.54) is 17.2 Å². The van der Waals surface area contributed by atoms with Crippen LogP contribution in [0.4, 0.5) is 0 Å². The third kappa shape index (κ3) is 3.49. The molecule has 104 valence electrons. The Hall–Kier alpha value is -1.59. The van der Waals surface area contributed by atoms with Crippen molar-refractivity contribution in [1.29, 1.82) is 0 Å². The summed E-state index contributed by atoms with van der Waals surface area (Å²) in [5, 5.41) is 0.614. The molecule has 0 atom stereocenters. The van der Waals surface area contributed by atoms with Gasteiger partial charge in [0.25, 0.3) is 11.5 Å². The number of benzene rings is 1. The highest BCUT2D eigenvalue weighted by Gasteiger charge is 2.16. The Morgan fingerprint density at radius 2 is 2.15 bits per heavy atom. The first-order valence-electron chi connectivity index (χ1n) is 5.85. The van der Waals surface area contributed by atoms with Gasteiger partial charge in [0, 0.05) is 29.3 Å². The molecule has 0 radical (unpaired) electrons. The SMILES string of the molecule is CN(Cc1cccc(Cl)c1)C(=O)c1cc(Br)c[nH]c1=O. The molecule has 0 aliphatic heterocycles. The molecule has 1 amide bonds. The second-order valence-corrected chi connectivity index (χ2v) is 5.70. The second-order valence-electron chi connectivity index (χ2n) is 4.35. The Morgan fingerprint density at radius 3 is 2.85 bits per heavy atom. The molecule has 4 nitrogen and oxygen atoms in total. The average Bonchev–Trinajstić information content (AvgIpc) is 2.40. The molecular formula is C14H12BrClN2O2. The number of hydrogen-bond acceptors (Lipinski definition) is 2. The van der Waals surface area contributed by atoms with Gasteiger partial charge in [0.05, 0.1) is 0 Å². The lowest BCUT2D eigenvalue weighted by molar-refractivity contribution is 0.0783. The highest BCUT2D eigenvalue weighted by atomic mass is 79.9. The predicted octanol–water partition coefficient (Wildman–Crippen LogP) is 3.06. The zero-order valence-electron chi connectivity index (χ0n) is 10.7. The molecule has 0 aliphatic rings. The van der Waals surface area contributed by atoms with E-state index in [0.717, 1.165) is 5.56 Å². The average molecular weight is 356 g/mol. The van der Waals surface area contributed by atoms with Crippen LogP contribution >= 0.6 is 27.5 Å². The minimum absolute atomic E-state index is 0.101. The van der Waals surface area contributed by atoms with Crippen molar-refractivity contribution in [2.24, 2.45) is 0 Å². The minimum atomic E-state index is -0.406. The normalized spacial score (nSPS) is 10.3. The van der Waals surface area contributed by atoms with Crippen LogP contribution in [0.2, 0.25) is 5.02 Å². The summed E-state index contributed by atoms with van der Waals surface area (Å²) in [7, 11) is 1.64. The van der Waals surface area contributed by atoms with Crippen LogP contribution in [0.1, 0.15) is 15.9 Å². The first-order valence-corrected chi connectivity index (χ1v) is 7.02. The van der Waals surface area contributed by atoms with Crippen molar-refractivity contribution in [3.8, 4) is 0 Å². The maximum absolute atomic E-state index is 12.3. The van der Waals surface area contributed by atoms with Crippen molar-refractivity contribution < 1.29 is 4.79 Å². The molecule has 1 aromatic heterocycles. The monoisotopic (exact) mass is 354 g/mol. The number of halogens is 2. The molecule has 0 unspecified atom stereocenters. The fraction of sp³-hybridized carbons (Fsp3) is 0.143. The quantitative estimate of drug-likeness (QED) is 0.920. The van der Waals surface area contributed by atoms with Crippen molar-refractivity contribution in [3.05, 3.63) is 67.5 Å². The third-order valence-electron chi connectivity index (χ3n) is 2.75. The van der Waals surface area contributed by atoms with Crippen molar-refractivity contribution in [2.75, 3.05) is 7.05 Å². The first-order chi connectivity index (χ1) is 9.47. The van der Waals surface area contributed by atoms with Gasteiger partial charge >= 0.3 is 0 Å². The van der Waals surface area contributed by atoms with Crippen LogP contribution < -0.4 is 5.56 Å². The number of hydrogen-bond donors (Lipinski definition) is 1. The van der Waals surface area contributed by atoms with Gasteiger partial charge in [-0.3, -0.25) is 9.59 Å². The maximum Gasteiger partial charge on any atom is 0.260 e. The topological polar surface area (TPSA) is 53.2 Å². The van der Waals surface area contributed by atoms with E-state index < -0.39 is 5.56 Å². The molecule has 1 heterocycles. The van der Waals surface area contributed by atoms with Gasteiger partial charge in [0.15, 0.2) is 0 Å². The van der Waals surface area contributed by atoms with Crippen LogP contribution in [-0.4, -0.2) is 22.8 Å². The summed E-state index contributed by atoms with van der Waals surface area (Å²) in [6.07, 6.45) is 1.50. The number of nitrogens with zero attached hydrogens (tertiary/aromatic N) is 1. The second kappa shape index (κ2) is 6.24. The number of H-pyrrole nitrogens is 1. The molecule has 0 aliphatic carbocycles. The summed E-state index contributed by atoms with van der Waals surface area (Å²) >= 11 is 9.14. The number of rotatable bonds is 3. The van der Waals surface area contributed by atoms with Gasteiger partial charge in [-0.25, -0.2) is 0 Å². The minimum Gasteiger partial charge on any atom is -0.337 e. The van der Waals surface area contributed by atoms with E-state index in [0.29, 0.717) is 16.0 Å². The lowest BCUT2D eigenvalue weighted by atomic mass is 10.2. The number of aromatic amines is 1. The molecule has 20 heavy (non-hydrogen) atoms. The van der Waals surface area contributed by atoms with Gasteiger partial charge in [-0.05, 0) is 39.7 Å². The summed E-state index contributed by atoms with van der Waals surface area (Å²) in [4.78, 5) is 27.9. The summed E-state index contributed by atoms with van der Waals surface area (Å²) in [5.41, 5.74) is 0.597. The highest BCUT2D eigenvalue weighted by molar-refractivity contribution is 9.10. The Bertz CT molecular complexity index is 700. The van der Waals surface area contributed by atoms with Crippen molar-refractivity contribution in [1.82, 2.24) is 9.88 Å². The Labute approximate surface area is 129 Å². The number of carbonyl (C=O) groups excluding carboxylic acids is 1. The van der Waals surface area contributed by atoms with E-state index in [1.54, 1.807) is 19.2 Å². The maximum atomic E-state index is 12.3. The Balaban J connectivity index is 2.20. The van der Waals surface area contributed by atoms with E-state index in [2.05, 4.69) is 20.9 Å². The molecule has 0 saturated carbocycles. The van der Waals surface area contributed by atoms with Crippen molar-refractivity contribution >= 4 is 33.4 Å². The Morgan fingerprint density at radius 1 is 1.40 bits per heavy atom. The van der Waals surface area contributed by atoms with Gasteiger partial charge in [-0.15, -0.1) is 0 Å². The van der Waals surface area contributed by atoms with E-state index >= 15 is 0 Å². The zero-order chi connectivity index (χ0) is 14.7. The van der Waals surface area contributed by atoms with E-state index in [9.17, 15) is 9.59 Å². The lowest BCUT2D eigenvalue weighted by Crippen LogP contribution is -2.31. The number of aromatic nitrogens is 1. The lowest BCUT2D eigenvalue weighted by Gasteiger charge is -2.17. The number of pyridine rings is 1. The first kappa shape index (κ1) is 14.8. The molecule has 0 saturated heterocycles. The zero-order valence-corrected chi connectivity index (χ0v) is 13.0. The van der Waals surface area contributed by atoms with Gasteiger partial charge in [-0.1, -0.05) is 23.7 Å². The highest BCUT2D eigenvalue weighted by Crippen LogP contribution is 2.14. The van der Waals surface area contributed by atoms with E-state index in [4.69, 9.17) is 11.6 Å². The summed E-state index contributed by atoms with van der Waals surface area (Å²) in [6.45, 7) is 0.380. The van der Waals surface area contributed by atoms with Gasteiger partial charge in [0.1, 0.15) is 5.56 Å². The molecule has 2 rings (SSSR count). The van der Waals surface area contributed by atoms with E-state index in [1.807, 2.05) is 12.1 Å². The standard InChI is InChI=1S/C14H12BrClN2O2/c1-18(8-9-3-2-4-11(16)5-9)14(20)12-6-10(15)7-17-13(12)19/h2-7H,8H2,1H3,(H,17,19). The van der Waals surface area contributed by atoms with Crippen LogP contribution in [0.5, 0.6) is 0 Å². The number of nitrogens with one attached hydrogen (secondary N) is 1. The third-order valence-corrected chi connectivity index (χ3v) is 3.45. The van der Waals surface area contributed by atoms with Crippen molar-refractivity contribution in [2.45, 2.75) is 6.54 Å². The van der Waals surface area contributed by atoms with Crippen LogP contribution in [0, 0.1) is 0 Å². The smallest absolute Gasteiger partial charge is 0.260 e. The fourth-order valence-corrected chi connectivity index (χ4v) is 2.36. The number of carbonyl (C=O) groups is 1. The predicted molar refractivity (Wildman–Crippen MR) is 82.0 cm³/mol. The largest absolute Gasteiger partial charge is 0.337 e. The molecule has 1 aromatic carbocycles.